The fourth-order valence-electron chi connectivity index (χ4n) is 3.75. The summed E-state index contributed by atoms with van der Waals surface area (Å²) in [4.78, 5) is 17.6. The Balaban J connectivity index is 1.34. The van der Waals surface area contributed by atoms with E-state index in [2.05, 4.69) is 39.2 Å². The Morgan fingerprint density at radius 2 is 1.93 bits per heavy atom. The number of carbonyl (C=O) groups excluding carboxylic acids is 1. The van der Waals surface area contributed by atoms with Crippen molar-refractivity contribution in [1.29, 1.82) is 0 Å². The predicted octanol–water partition coefficient (Wildman–Crippen LogP) is 2.76. The fourth-order valence-corrected chi connectivity index (χ4v) is 6.05. The molecule has 1 aliphatic heterocycles. The molecule has 1 amide bonds. The molecule has 3 aromatic rings. The van der Waals surface area contributed by atoms with E-state index in [1.165, 1.54) is 27.5 Å². The highest BCUT2D eigenvalue weighted by Crippen LogP contribution is 2.39. The molecule has 158 valence electrons. The van der Waals surface area contributed by atoms with E-state index in [0.717, 1.165) is 18.5 Å². The molecule has 1 aliphatic rings. The molecule has 3 heterocycles. The van der Waals surface area contributed by atoms with E-state index in [1.54, 1.807) is 34.8 Å². The van der Waals surface area contributed by atoms with E-state index in [1.807, 2.05) is 0 Å². The fraction of sp³-hybridized carbons (Fsp3) is 0.286. The number of hydrogen-bond acceptors (Lipinski definition) is 6. The van der Waals surface area contributed by atoms with E-state index >= 15 is 0 Å². The van der Waals surface area contributed by atoms with E-state index in [0.29, 0.717) is 19.5 Å². The Hall–Kier alpha value is -2.04. The average Bonchev–Trinajstić information content (AvgIpc) is 3.39. The van der Waals surface area contributed by atoms with Crippen LogP contribution in [0.25, 0.3) is 0 Å². The van der Waals surface area contributed by atoms with Gasteiger partial charge < -0.3 is 5.32 Å². The first-order valence-corrected chi connectivity index (χ1v) is 12.9. The lowest BCUT2D eigenvalue weighted by atomic mass is 9.98. The molecular weight excluding hydrogens is 438 g/mol. The lowest BCUT2D eigenvalue weighted by Gasteiger charge is -2.34. The highest BCUT2D eigenvalue weighted by molar-refractivity contribution is 7.89. The molecule has 9 heteroatoms. The van der Waals surface area contributed by atoms with E-state index in [-0.39, 0.29) is 16.8 Å². The predicted molar refractivity (Wildman–Crippen MR) is 120 cm³/mol. The molecule has 0 aliphatic carbocycles. The van der Waals surface area contributed by atoms with Crippen LogP contribution in [0, 0.1) is 0 Å². The molecule has 3 N–H and O–H groups in total. The summed E-state index contributed by atoms with van der Waals surface area (Å²) in [5.74, 6) is -0.00334. The second kappa shape index (κ2) is 8.99. The van der Waals surface area contributed by atoms with Gasteiger partial charge in [-0.15, -0.1) is 22.7 Å². The molecule has 0 spiro atoms. The van der Waals surface area contributed by atoms with Crippen LogP contribution >= 0.6 is 22.7 Å². The van der Waals surface area contributed by atoms with Crippen molar-refractivity contribution in [1.82, 2.24) is 10.2 Å². The van der Waals surface area contributed by atoms with Gasteiger partial charge in [-0.25, -0.2) is 13.6 Å². The minimum atomic E-state index is -3.68. The van der Waals surface area contributed by atoms with Gasteiger partial charge in [0.25, 0.3) is 0 Å². The van der Waals surface area contributed by atoms with Crippen LogP contribution in [0.5, 0.6) is 0 Å². The lowest BCUT2D eigenvalue weighted by molar-refractivity contribution is -0.122. The van der Waals surface area contributed by atoms with Crippen LogP contribution in [0.2, 0.25) is 0 Å². The van der Waals surface area contributed by atoms with Crippen molar-refractivity contribution < 1.29 is 13.2 Å². The Bertz CT molecular complexity index is 1110. The number of benzene rings is 1. The van der Waals surface area contributed by atoms with E-state index < -0.39 is 10.0 Å². The maximum Gasteiger partial charge on any atom is 0.238 e. The van der Waals surface area contributed by atoms with Crippen molar-refractivity contribution >= 4 is 38.6 Å². The second-order valence-corrected chi connectivity index (χ2v) is 10.8. The van der Waals surface area contributed by atoms with Crippen LogP contribution in [0.3, 0.4) is 0 Å². The molecule has 1 atom stereocenters. The molecule has 0 bridgehead atoms. The van der Waals surface area contributed by atoms with Gasteiger partial charge >= 0.3 is 0 Å². The molecule has 4 rings (SSSR count). The normalized spacial score (nSPS) is 16.9. The van der Waals surface area contributed by atoms with Crippen LogP contribution in [-0.4, -0.2) is 38.9 Å². The second-order valence-electron chi connectivity index (χ2n) is 7.23. The molecule has 0 radical (unpaired) electrons. The number of sulfonamides is 1. The van der Waals surface area contributed by atoms with Gasteiger partial charge in [-0.05, 0) is 59.0 Å². The Kier molecular flexibility index (Phi) is 6.35. The monoisotopic (exact) mass is 461 g/mol. The third-order valence-electron chi connectivity index (χ3n) is 5.21. The Morgan fingerprint density at radius 1 is 1.13 bits per heavy atom. The summed E-state index contributed by atoms with van der Waals surface area (Å²) in [6.07, 6.45) is 1.60. The van der Waals surface area contributed by atoms with Crippen molar-refractivity contribution in [2.75, 3.05) is 19.6 Å². The lowest BCUT2D eigenvalue weighted by Crippen LogP contribution is -2.42. The largest absolute Gasteiger partial charge is 0.355 e. The molecule has 1 aromatic carbocycles. The first kappa shape index (κ1) is 21.2. The molecular formula is C21H23N3O3S3. The Labute approximate surface area is 184 Å². The third-order valence-corrected chi connectivity index (χ3v) is 8.06. The van der Waals surface area contributed by atoms with Crippen molar-refractivity contribution in [3.8, 4) is 0 Å². The summed E-state index contributed by atoms with van der Waals surface area (Å²) < 4.78 is 22.7. The number of primary sulfonamides is 1. The molecule has 2 aromatic heterocycles. The minimum Gasteiger partial charge on any atom is -0.355 e. The summed E-state index contributed by atoms with van der Waals surface area (Å²) in [5, 5.41) is 12.3. The summed E-state index contributed by atoms with van der Waals surface area (Å²) >= 11 is 3.52. The molecule has 0 fully saturated rings. The van der Waals surface area contributed by atoms with Crippen LogP contribution in [0.15, 0.2) is 58.1 Å². The number of nitrogens with two attached hydrogens (primary N) is 1. The van der Waals surface area contributed by atoms with Gasteiger partial charge in [-0.3, -0.25) is 9.69 Å². The smallest absolute Gasteiger partial charge is 0.238 e. The molecule has 30 heavy (non-hydrogen) atoms. The molecule has 0 saturated carbocycles. The summed E-state index contributed by atoms with van der Waals surface area (Å²) in [6.45, 7) is 1.70. The molecule has 6 nitrogen and oxygen atoms in total. The minimum absolute atomic E-state index is 0.00334. The number of thiophene rings is 2. The summed E-state index contributed by atoms with van der Waals surface area (Å²) in [6, 6.07) is 12.9. The van der Waals surface area contributed by atoms with Crippen LogP contribution < -0.4 is 10.5 Å². The average molecular weight is 462 g/mol. The van der Waals surface area contributed by atoms with Gasteiger partial charge in [0, 0.05) is 22.8 Å². The highest BCUT2D eigenvalue weighted by Gasteiger charge is 2.31. The standard InChI is InChI=1S/C21H23N3O3S3/c22-30(26,27)16-5-3-15(4-6-16)7-10-23-20(25)14-24-11-8-18-17(9-13-29-18)21(24)19-2-1-12-28-19/h1-6,9,12-13,21H,7-8,10-11,14H2,(H,23,25)(H2,22,26,27). The number of nitrogens with one attached hydrogen (secondary N) is 1. The number of fused-ring (bicyclic) bond motifs is 1. The highest BCUT2D eigenvalue weighted by atomic mass is 32.2. The first-order valence-electron chi connectivity index (χ1n) is 9.64. The summed E-state index contributed by atoms with van der Waals surface area (Å²) in [5.41, 5.74) is 2.26. The topological polar surface area (TPSA) is 92.5 Å². The SMILES string of the molecule is NS(=O)(=O)c1ccc(CCNC(=O)CN2CCc3sccc3C2c2cccs2)cc1. The van der Waals surface area contributed by atoms with Gasteiger partial charge in [-0.1, -0.05) is 18.2 Å². The van der Waals surface area contributed by atoms with Crippen molar-refractivity contribution in [2.45, 2.75) is 23.8 Å². The van der Waals surface area contributed by atoms with Crippen LogP contribution in [0.1, 0.15) is 26.9 Å². The number of hydrogen-bond donors (Lipinski definition) is 2. The zero-order chi connectivity index (χ0) is 21.1. The van der Waals surface area contributed by atoms with E-state index in [4.69, 9.17) is 5.14 Å². The zero-order valence-electron chi connectivity index (χ0n) is 16.3. The van der Waals surface area contributed by atoms with Crippen molar-refractivity contribution in [3.63, 3.8) is 0 Å². The van der Waals surface area contributed by atoms with Crippen molar-refractivity contribution in [3.05, 3.63) is 74.1 Å². The summed E-state index contributed by atoms with van der Waals surface area (Å²) in [7, 11) is -3.68. The molecule has 0 saturated heterocycles. The number of nitrogens with zero attached hydrogens (tertiary/aromatic N) is 1. The van der Waals surface area contributed by atoms with Crippen molar-refractivity contribution in [2.24, 2.45) is 5.14 Å². The zero-order valence-corrected chi connectivity index (χ0v) is 18.7. The number of rotatable bonds is 7. The maximum atomic E-state index is 12.6. The van der Waals surface area contributed by atoms with Crippen LogP contribution in [0.4, 0.5) is 0 Å². The van der Waals surface area contributed by atoms with E-state index in [9.17, 15) is 13.2 Å². The first-order chi connectivity index (χ1) is 14.4. The number of amides is 1. The van der Waals surface area contributed by atoms with Crippen LogP contribution in [-0.2, 0) is 27.7 Å². The van der Waals surface area contributed by atoms with Gasteiger partial charge in [0.1, 0.15) is 0 Å². The number of carbonyl (C=O) groups is 1. The van der Waals surface area contributed by atoms with Gasteiger partial charge in [0.15, 0.2) is 0 Å². The quantitative estimate of drug-likeness (QED) is 0.566. The third kappa shape index (κ3) is 4.81. The van der Waals surface area contributed by atoms with Gasteiger partial charge in [-0.2, -0.15) is 0 Å². The Morgan fingerprint density at radius 3 is 2.63 bits per heavy atom. The maximum absolute atomic E-state index is 12.6. The molecule has 1 unspecified atom stereocenters. The van der Waals surface area contributed by atoms with Gasteiger partial charge in [0.05, 0.1) is 17.5 Å². The van der Waals surface area contributed by atoms with Gasteiger partial charge in [0.2, 0.25) is 15.9 Å².